The van der Waals surface area contributed by atoms with E-state index in [-0.39, 0.29) is 90.5 Å². The van der Waals surface area contributed by atoms with Gasteiger partial charge >= 0.3 is 35.5 Å². The summed E-state index contributed by atoms with van der Waals surface area (Å²) in [7, 11) is -8.95. The Balaban J connectivity index is 0.0000120. The molecule has 28 heteroatoms. The van der Waals surface area contributed by atoms with Crippen LogP contribution in [0.2, 0.25) is 0 Å². The SMILES string of the molecule is CC1(C)C(/C=C/C2=C(c3ccc(C(=O)NCCCCC4NC(=O)C(Cc5ccccc5)NC(=O)C(CC(=O)O)NC(=O)CNC(=O)C(CCCN=C(N)N)NC4=O)cc3)C(=C/C=C3/Nc4ccc(S(=O)(=O)O)cc4C3(C)C)/CCC2)=Nc2ccc(S(=O)(=O)O)cc21.[Na+]. The number of unbranched alkanes of at least 4 members (excludes halogenated alkanes) is 1. The van der Waals surface area contributed by atoms with Crippen molar-refractivity contribution < 1.29 is 94.2 Å². The van der Waals surface area contributed by atoms with Crippen LogP contribution in [0, 0.1) is 0 Å². The first-order chi connectivity index (χ1) is 43.0. The van der Waals surface area contributed by atoms with E-state index in [2.05, 4.69) is 42.2 Å². The molecule has 1 aliphatic carbocycles. The Bertz CT molecular complexity index is 3960. The van der Waals surface area contributed by atoms with E-state index in [0.29, 0.717) is 58.6 Å². The Morgan fingerprint density at radius 1 is 0.707 bits per heavy atom. The first kappa shape index (κ1) is 71.1. The third-order valence-electron chi connectivity index (χ3n) is 16.4. The summed E-state index contributed by atoms with van der Waals surface area (Å²) in [6.45, 7) is 7.25. The Kier molecular flexibility index (Phi) is 23.5. The van der Waals surface area contributed by atoms with Crippen LogP contribution in [-0.4, -0.2) is 128 Å². The second-order valence-electron chi connectivity index (χ2n) is 23.7. The number of fused-ring (bicyclic) bond motifs is 2. The van der Waals surface area contributed by atoms with Crippen molar-refractivity contribution >= 4 is 90.3 Å². The number of carboxylic acid groups (broad SMARTS) is 1. The number of anilines is 1. The number of nitrogens with two attached hydrogens (primary N) is 2. The molecule has 4 atom stereocenters. The number of nitrogens with one attached hydrogen (secondary N) is 7. The van der Waals surface area contributed by atoms with Gasteiger partial charge in [0.25, 0.3) is 26.1 Å². The van der Waals surface area contributed by atoms with E-state index in [0.717, 1.165) is 34.4 Å². The van der Waals surface area contributed by atoms with Crippen LogP contribution in [-0.2, 0) is 66.3 Å². The van der Waals surface area contributed by atoms with E-state index in [9.17, 15) is 64.6 Å². The van der Waals surface area contributed by atoms with Crippen molar-refractivity contribution in [2.45, 2.75) is 137 Å². The molecule has 0 bridgehead atoms. The Morgan fingerprint density at radius 3 is 1.99 bits per heavy atom. The molecule has 4 aliphatic rings. The van der Waals surface area contributed by atoms with Gasteiger partial charge in [0.1, 0.15) is 24.2 Å². The second-order valence-corrected chi connectivity index (χ2v) is 26.5. The first-order valence-electron chi connectivity index (χ1n) is 29.6. The number of hydrogen-bond donors (Lipinski definition) is 12. The van der Waals surface area contributed by atoms with E-state index in [4.69, 9.17) is 16.5 Å². The van der Waals surface area contributed by atoms with Crippen molar-refractivity contribution in [3.05, 3.63) is 160 Å². The number of benzene rings is 4. The first-order valence-corrected chi connectivity index (χ1v) is 32.5. The zero-order chi connectivity index (χ0) is 66.0. The summed E-state index contributed by atoms with van der Waals surface area (Å²) in [5, 5.41) is 28.7. The summed E-state index contributed by atoms with van der Waals surface area (Å²) >= 11 is 0. The standard InChI is InChI=1S/C64H75N11O14S2.Na/c1-63(2)44-33-42(90(84,85)86)24-26-46(44)70-52(63)28-22-38-14-10-15-39(23-29-53-64(3,4)45-34-43(91(87,88)89)25-27-47(45)71-53)56(38)40-18-20-41(21-19-40)57(79)67-30-9-8-16-49-59(81)73-48(17-11-31-68-62(65)66)58(80)69-36-54(76)72-51(35-55(77)78)61(83)75-50(60(82)74-49)32-37-12-6-5-7-13-37;/h5-7,12-13,18-29,33-34,48-51,70H,8-11,14-17,30-32,35-36H2,1-4H3,(H,67,79)(H,69,80)(H,72,76)(H,73,81)(H,74,82)(H,75,83)(H,77,78)(H4,65,66,68)(H,84,85,86)(H,87,88,89);/q;+1/b29-23+,38-22+,52-28+;. The number of hydrogen-bond acceptors (Lipinski definition) is 14. The molecule has 0 radical (unpaired) electrons. The minimum absolute atomic E-state index is 0. The molecule has 3 heterocycles. The van der Waals surface area contributed by atoms with Crippen molar-refractivity contribution in [1.29, 1.82) is 0 Å². The topological polar surface area (TPSA) is 409 Å². The maximum Gasteiger partial charge on any atom is 1.00 e. The molecule has 4 unspecified atom stereocenters. The summed E-state index contributed by atoms with van der Waals surface area (Å²) in [5.41, 5.74) is 18.1. The van der Waals surface area contributed by atoms with Crippen LogP contribution < -0.4 is 78.2 Å². The molecule has 4 aromatic carbocycles. The number of nitrogens with zero attached hydrogens (tertiary/aromatic N) is 2. The number of rotatable bonds is 20. The fourth-order valence-electron chi connectivity index (χ4n) is 11.3. The maximum atomic E-state index is 14.3. The van der Waals surface area contributed by atoms with Gasteiger partial charge in [0.05, 0.1) is 34.2 Å². The van der Waals surface area contributed by atoms with Crippen LogP contribution in [0.25, 0.3) is 5.57 Å². The van der Waals surface area contributed by atoms with Gasteiger partial charge in [0.2, 0.25) is 29.5 Å². The minimum atomic E-state index is -4.48. The van der Waals surface area contributed by atoms with E-state index in [1.54, 1.807) is 54.6 Å². The average Bonchev–Trinajstić information content (AvgIpc) is 1.61. The largest absolute Gasteiger partial charge is 1.00 e. The summed E-state index contributed by atoms with van der Waals surface area (Å²) in [6.07, 6.45) is 9.73. The van der Waals surface area contributed by atoms with Gasteiger partial charge in [-0.25, -0.2) is 0 Å². The molecule has 8 rings (SSSR count). The van der Waals surface area contributed by atoms with Crippen molar-refractivity contribution in [2.75, 3.05) is 25.0 Å². The number of carbonyl (C=O) groups excluding carboxylic acids is 6. The summed E-state index contributed by atoms with van der Waals surface area (Å²) in [6, 6.07) is 18.8. The van der Waals surface area contributed by atoms with Gasteiger partial charge in [-0.1, -0.05) is 82.3 Å². The van der Waals surface area contributed by atoms with Crippen LogP contribution >= 0.6 is 0 Å². The molecule has 25 nitrogen and oxygen atoms in total. The second kappa shape index (κ2) is 30.4. The maximum absolute atomic E-state index is 14.3. The monoisotopic (exact) mass is 1310 g/mol. The van der Waals surface area contributed by atoms with Gasteiger partial charge in [0.15, 0.2) is 5.96 Å². The molecule has 4 aromatic rings. The normalized spacial score (nSPS) is 21.0. The van der Waals surface area contributed by atoms with Gasteiger partial charge in [0, 0.05) is 47.3 Å². The van der Waals surface area contributed by atoms with E-state index >= 15 is 0 Å². The number of carbonyl (C=O) groups is 7. The van der Waals surface area contributed by atoms with Crippen molar-refractivity contribution in [3.63, 3.8) is 0 Å². The van der Waals surface area contributed by atoms with Gasteiger partial charge in [-0.3, -0.25) is 52.7 Å². The van der Waals surface area contributed by atoms with E-state index < -0.39 is 110 Å². The quantitative estimate of drug-likeness (QED) is 0.0197. The molecule has 0 spiro atoms. The number of allylic oxidation sites excluding steroid dienone is 8. The van der Waals surface area contributed by atoms with Crippen molar-refractivity contribution in [1.82, 2.24) is 31.9 Å². The Hall–Kier alpha value is -8.31. The predicted octanol–water partition coefficient (Wildman–Crippen LogP) is 1.70. The van der Waals surface area contributed by atoms with Crippen molar-refractivity contribution in [2.24, 2.45) is 21.5 Å². The van der Waals surface area contributed by atoms with Gasteiger partial charge in [-0.2, -0.15) is 16.8 Å². The summed E-state index contributed by atoms with van der Waals surface area (Å²) < 4.78 is 68.1. The molecule has 14 N–H and O–H groups in total. The molecule has 6 amide bonds. The number of guanidine groups is 1. The molecule has 3 aliphatic heterocycles. The van der Waals surface area contributed by atoms with Crippen LogP contribution in [0.1, 0.15) is 118 Å². The van der Waals surface area contributed by atoms with E-state index in [1.165, 1.54) is 24.3 Å². The van der Waals surface area contributed by atoms with Crippen LogP contribution in [0.5, 0.6) is 0 Å². The molecule has 92 heavy (non-hydrogen) atoms. The van der Waals surface area contributed by atoms with Gasteiger partial charge < -0.3 is 53.8 Å². The van der Waals surface area contributed by atoms with Crippen LogP contribution in [0.3, 0.4) is 0 Å². The third kappa shape index (κ3) is 18.0. The van der Waals surface area contributed by atoms with Gasteiger partial charge in [-0.05, 0) is 151 Å². The minimum Gasteiger partial charge on any atom is -0.481 e. The van der Waals surface area contributed by atoms with Crippen molar-refractivity contribution in [3.8, 4) is 0 Å². The Labute approximate surface area is 555 Å². The number of amides is 6. The van der Waals surface area contributed by atoms with Crippen LogP contribution in [0.15, 0.2) is 152 Å². The summed E-state index contributed by atoms with van der Waals surface area (Å²) in [5.74, 6) is -6.32. The molecular formula is C64H75N11NaO14S2+. The van der Waals surface area contributed by atoms with E-state index in [1.807, 2.05) is 64.1 Å². The summed E-state index contributed by atoms with van der Waals surface area (Å²) in [4.78, 5) is 103. The molecule has 0 aromatic heterocycles. The fourth-order valence-corrected chi connectivity index (χ4v) is 12.3. The zero-order valence-electron chi connectivity index (χ0n) is 51.7. The Morgan fingerprint density at radius 2 is 1.33 bits per heavy atom. The van der Waals surface area contributed by atoms with Crippen LogP contribution in [0.4, 0.5) is 11.4 Å². The average molecular weight is 1310 g/mol. The molecule has 1 fully saturated rings. The fraction of sp³-hybridized carbons (Fsp3) is 0.359. The smallest absolute Gasteiger partial charge is 0.481 e. The molecular weight excluding hydrogens is 1230 g/mol. The predicted molar refractivity (Wildman–Crippen MR) is 341 cm³/mol. The molecule has 482 valence electrons. The molecule has 1 saturated heterocycles. The molecule has 0 saturated carbocycles. The zero-order valence-corrected chi connectivity index (χ0v) is 55.3. The third-order valence-corrected chi connectivity index (χ3v) is 18.1. The number of carboxylic acids is 1. The van der Waals surface area contributed by atoms with Gasteiger partial charge in [-0.15, -0.1) is 0 Å². The number of aliphatic carboxylic acids is 1. The number of aliphatic imine (C=N–C) groups is 2.